The van der Waals surface area contributed by atoms with Gasteiger partial charge in [-0.3, -0.25) is 4.90 Å². The van der Waals surface area contributed by atoms with Crippen molar-refractivity contribution in [3.05, 3.63) is 12.0 Å². The third kappa shape index (κ3) is 2.80. The minimum Gasteiger partial charge on any atom is -0.337 e. The van der Waals surface area contributed by atoms with Crippen LogP contribution in [0.25, 0.3) is 0 Å². The summed E-state index contributed by atoms with van der Waals surface area (Å²) in [5.41, 5.74) is 0. The molecule has 0 unspecified atom stereocenters. The number of sulfonamides is 1. The summed E-state index contributed by atoms with van der Waals surface area (Å²) < 4.78 is 28.4. The average Bonchev–Trinajstić information content (AvgIpc) is 2.78. The first kappa shape index (κ1) is 15.9. The maximum atomic E-state index is 12.5. The number of imidazole rings is 1. The number of hydrogen-bond donors (Lipinski definition) is 0. The van der Waals surface area contributed by atoms with E-state index in [2.05, 4.69) is 21.7 Å². The van der Waals surface area contributed by atoms with Crippen molar-refractivity contribution < 1.29 is 8.42 Å². The molecule has 124 valence electrons. The predicted molar refractivity (Wildman–Crippen MR) is 84.2 cm³/mol. The van der Waals surface area contributed by atoms with Crippen molar-refractivity contribution in [3.8, 4) is 0 Å². The summed E-state index contributed by atoms with van der Waals surface area (Å²) in [5, 5.41) is 0.168. The Hall–Kier alpha value is -0.960. The molecule has 0 amide bonds. The van der Waals surface area contributed by atoms with Crippen LogP contribution < -0.4 is 0 Å². The third-order valence-electron chi connectivity index (χ3n) is 4.89. The molecule has 8 heteroatoms. The van der Waals surface area contributed by atoms with E-state index in [0.717, 1.165) is 32.7 Å². The summed E-state index contributed by atoms with van der Waals surface area (Å²) in [5.74, 6) is 0.714. The maximum absolute atomic E-state index is 12.5. The van der Waals surface area contributed by atoms with E-state index in [1.165, 1.54) is 0 Å². The second kappa shape index (κ2) is 5.92. The van der Waals surface area contributed by atoms with E-state index in [-0.39, 0.29) is 5.03 Å². The Labute approximate surface area is 132 Å². The van der Waals surface area contributed by atoms with Crippen molar-refractivity contribution in [1.29, 1.82) is 0 Å². The number of hydrogen-bond acceptors (Lipinski definition) is 5. The van der Waals surface area contributed by atoms with Gasteiger partial charge in [-0.1, -0.05) is 6.92 Å². The van der Waals surface area contributed by atoms with Crippen molar-refractivity contribution >= 4 is 10.0 Å². The SMILES string of the molecule is CCN1CCN(C2CN(S(=O)(=O)c3cn(C)c(C)n3)C2)CC1. The molecule has 1 aromatic heterocycles. The lowest BCUT2D eigenvalue weighted by Gasteiger charge is -2.47. The summed E-state index contributed by atoms with van der Waals surface area (Å²) in [6.45, 7) is 10.5. The topological polar surface area (TPSA) is 61.7 Å². The van der Waals surface area contributed by atoms with Gasteiger partial charge in [-0.25, -0.2) is 13.4 Å². The highest BCUT2D eigenvalue weighted by atomic mass is 32.2. The van der Waals surface area contributed by atoms with Crippen molar-refractivity contribution in [3.63, 3.8) is 0 Å². The fraction of sp³-hybridized carbons (Fsp3) is 0.786. The van der Waals surface area contributed by atoms with Crippen LogP contribution in [0.15, 0.2) is 11.2 Å². The third-order valence-corrected chi connectivity index (χ3v) is 6.59. The molecule has 22 heavy (non-hydrogen) atoms. The highest BCUT2D eigenvalue weighted by molar-refractivity contribution is 7.89. The molecule has 1 aromatic rings. The zero-order valence-corrected chi connectivity index (χ0v) is 14.4. The molecule has 0 aliphatic carbocycles. The number of likely N-dealkylation sites (N-methyl/N-ethyl adjacent to an activating group) is 1. The first-order valence-electron chi connectivity index (χ1n) is 7.88. The number of aromatic nitrogens is 2. The predicted octanol–water partition coefficient (Wildman–Crippen LogP) is -0.261. The molecule has 3 rings (SSSR count). The number of rotatable bonds is 4. The van der Waals surface area contributed by atoms with Crippen molar-refractivity contribution in [2.45, 2.75) is 24.9 Å². The van der Waals surface area contributed by atoms with Crippen molar-refractivity contribution in [2.75, 3.05) is 45.8 Å². The largest absolute Gasteiger partial charge is 0.337 e. The molecule has 0 atom stereocenters. The normalized spacial score (nSPS) is 22.9. The van der Waals surface area contributed by atoms with Crippen LogP contribution in [0.1, 0.15) is 12.7 Å². The molecule has 2 fully saturated rings. The van der Waals surface area contributed by atoms with Gasteiger partial charge in [0.15, 0.2) is 5.03 Å². The van der Waals surface area contributed by atoms with E-state index in [9.17, 15) is 8.42 Å². The minimum absolute atomic E-state index is 0.168. The lowest BCUT2D eigenvalue weighted by Crippen LogP contribution is -2.64. The molecule has 3 heterocycles. The van der Waals surface area contributed by atoms with E-state index in [1.54, 1.807) is 15.1 Å². The summed E-state index contributed by atoms with van der Waals surface area (Å²) in [7, 11) is -1.61. The summed E-state index contributed by atoms with van der Waals surface area (Å²) in [6.07, 6.45) is 1.60. The van der Waals surface area contributed by atoms with Crippen LogP contribution in [0.5, 0.6) is 0 Å². The van der Waals surface area contributed by atoms with Crippen LogP contribution in [0.3, 0.4) is 0 Å². The molecule has 0 N–H and O–H groups in total. The van der Waals surface area contributed by atoms with Gasteiger partial charge in [0.05, 0.1) is 0 Å². The van der Waals surface area contributed by atoms with Crippen LogP contribution in [0.2, 0.25) is 0 Å². The molecule has 2 aliphatic rings. The lowest BCUT2D eigenvalue weighted by molar-refractivity contribution is 0.0424. The first-order chi connectivity index (χ1) is 10.4. The Morgan fingerprint density at radius 3 is 2.36 bits per heavy atom. The zero-order valence-electron chi connectivity index (χ0n) is 13.6. The van der Waals surface area contributed by atoms with Crippen LogP contribution in [0.4, 0.5) is 0 Å². The molecule has 2 saturated heterocycles. The fourth-order valence-corrected chi connectivity index (χ4v) is 4.61. The number of aryl methyl sites for hydroxylation is 2. The Morgan fingerprint density at radius 2 is 1.86 bits per heavy atom. The van der Waals surface area contributed by atoms with Gasteiger partial charge in [0.2, 0.25) is 0 Å². The summed E-state index contributed by atoms with van der Waals surface area (Å²) in [4.78, 5) is 9.01. The van der Waals surface area contributed by atoms with E-state index in [4.69, 9.17) is 0 Å². The second-order valence-corrected chi connectivity index (χ2v) is 8.07. The van der Waals surface area contributed by atoms with Crippen LogP contribution in [-0.2, 0) is 17.1 Å². The van der Waals surface area contributed by atoms with Crippen LogP contribution in [0, 0.1) is 6.92 Å². The number of piperazine rings is 1. The summed E-state index contributed by atoms with van der Waals surface area (Å²) in [6, 6.07) is 0.360. The van der Waals surface area contributed by atoms with Gasteiger partial charge in [0.25, 0.3) is 10.0 Å². The van der Waals surface area contributed by atoms with Gasteiger partial charge in [0, 0.05) is 58.6 Å². The van der Waals surface area contributed by atoms with Crippen LogP contribution in [-0.4, -0.2) is 83.9 Å². The lowest BCUT2D eigenvalue weighted by atomic mass is 10.1. The van der Waals surface area contributed by atoms with Gasteiger partial charge in [-0.2, -0.15) is 4.31 Å². The van der Waals surface area contributed by atoms with E-state index in [0.29, 0.717) is 25.0 Å². The second-order valence-electron chi connectivity index (χ2n) is 6.18. The smallest absolute Gasteiger partial charge is 0.262 e. The van der Waals surface area contributed by atoms with Crippen LogP contribution >= 0.6 is 0 Å². The molecule has 0 radical (unpaired) electrons. The van der Waals surface area contributed by atoms with Gasteiger partial charge < -0.3 is 9.47 Å². The highest BCUT2D eigenvalue weighted by Crippen LogP contribution is 2.24. The van der Waals surface area contributed by atoms with E-state index < -0.39 is 10.0 Å². The Balaban J connectivity index is 1.59. The standard InChI is InChI=1S/C14H25N5O2S/c1-4-17-5-7-18(8-6-17)13-9-19(10-13)22(20,21)14-11-16(3)12(2)15-14/h11,13H,4-10H2,1-3H3. The quantitative estimate of drug-likeness (QED) is 0.762. The van der Waals surface area contributed by atoms with Gasteiger partial charge >= 0.3 is 0 Å². The monoisotopic (exact) mass is 327 g/mol. The summed E-state index contributed by atoms with van der Waals surface area (Å²) >= 11 is 0. The molecule has 0 saturated carbocycles. The Kier molecular flexibility index (Phi) is 4.28. The van der Waals surface area contributed by atoms with Crippen molar-refractivity contribution in [2.24, 2.45) is 7.05 Å². The average molecular weight is 327 g/mol. The number of nitrogens with zero attached hydrogens (tertiary/aromatic N) is 5. The first-order valence-corrected chi connectivity index (χ1v) is 9.32. The molecule has 0 aromatic carbocycles. The van der Waals surface area contributed by atoms with E-state index in [1.807, 2.05) is 14.0 Å². The Morgan fingerprint density at radius 1 is 1.23 bits per heavy atom. The molecular weight excluding hydrogens is 302 g/mol. The van der Waals surface area contributed by atoms with Gasteiger partial charge in [0.1, 0.15) is 5.82 Å². The van der Waals surface area contributed by atoms with Gasteiger partial charge in [-0.05, 0) is 13.5 Å². The van der Waals surface area contributed by atoms with E-state index >= 15 is 0 Å². The van der Waals surface area contributed by atoms with Gasteiger partial charge in [-0.15, -0.1) is 0 Å². The zero-order chi connectivity index (χ0) is 15.9. The minimum atomic E-state index is -3.43. The fourth-order valence-electron chi connectivity index (χ4n) is 3.07. The molecule has 0 bridgehead atoms. The molecule has 0 spiro atoms. The molecule has 7 nitrogen and oxygen atoms in total. The molecular formula is C14H25N5O2S. The maximum Gasteiger partial charge on any atom is 0.262 e. The Bertz CT molecular complexity index is 608. The highest BCUT2D eigenvalue weighted by Gasteiger charge is 2.41. The van der Waals surface area contributed by atoms with Crippen molar-refractivity contribution in [1.82, 2.24) is 23.7 Å². The molecule has 2 aliphatic heterocycles.